The molecule has 0 aliphatic heterocycles. The summed E-state index contributed by atoms with van der Waals surface area (Å²) in [5, 5.41) is 5.35. The molecule has 4 nitrogen and oxygen atoms in total. The van der Waals surface area contributed by atoms with Crippen LogP contribution in [0, 0.1) is 0 Å². The molecule has 1 N–H and O–H groups in total. The van der Waals surface area contributed by atoms with Crippen molar-refractivity contribution >= 4 is 21.4 Å². The van der Waals surface area contributed by atoms with Crippen LogP contribution < -0.4 is 5.32 Å². The van der Waals surface area contributed by atoms with E-state index in [9.17, 15) is 8.42 Å². The Balaban J connectivity index is 1.73. The Morgan fingerprint density at radius 2 is 2.15 bits per heavy atom. The summed E-state index contributed by atoms with van der Waals surface area (Å²) in [7, 11) is -3.35. The van der Waals surface area contributed by atoms with Crippen molar-refractivity contribution in [2.45, 2.75) is 48.5 Å². The van der Waals surface area contributed by atoms with Gasteiger partial charge in [0, 0.05) is 25.2 Å². The van der Waals surface area contributed by atoms with Gasteiger partial charge in [-0.25, -0.2) is 8.42 Å². The van der Waals surface area contributed by atoms with Crippen LogP contribution >= 0.6 is 11.3 Å². The van der Waals surface area contributed by atoms with E-state index < -0.39 is 10.0 Å². The van der Waals surface area contributed by atoms with Crippen molar-refractivity contribution in [3.8, 4) is 0 Å². The maximum Gasteiger partial charge on any atom is 0.253 e. The molecule has 1 heterocycles. The summed E-state index contributed by atoms with van der Waals surface area (Å²) in [5.41, 5.74) is 1.06. The summed E-state index contributed by atoms with van der Waals surface area (Å²) < 4.78 is 27.3. The highest BCUT2D eigenvalue weighted by atomic mass is 32.2. The van der Waals surface area contributed by atoms with Crippen LogP contribution in [0.1, 0.15) is 31.2 Å². The van der Waals surface area contributed by atoms with E-state index >= 15 is 0 Å². The van der Waals surface area contributed by atoms with Gasteiger partial charge in [0.05, 0.1) is 0 Å². The third kappa shape index (κ3) is 3.14. The minimum Gasteiger partial charge on any atom is -0.310 e. The van der Waals surface area contributed by atoms with Crippen molar-refractivity contribution in [2.24, 2.45) is 0 Å². The van der Waals surface area contributed by atoms with Gasteiger partial charge < -0.3 is 5.32 Å². The summed E-state index contributed by atoms with van der Waals surface area (Å²) in [6, 6.07) is 2.63. The second-order valence-electron chi connectivity index (χ2n) is 5.52. The Labute approximate surface area is 124 Å². The van der Waals surface area contributed by atoms with Crippen LogP contribution in [0.2, 0.25) is 0 Å². The first kappa shape index (κ1) is 14.3. The summed E-state index contributed by atoms with van der Waals surface area (Å²) in [5.74, 6) is 0. The average Bonchev–Trinajstić information content (AvgIpc) is 3.33. The molecule has 110 valence electrons. The van der Waals surface area contributed by atoms with Crippen molar-refractivity contribution in [3.05, 3.63) is 29.7 Å². The van der Waals surface area contributed by atoms with E-state index in [-0.39, 0.29) is 6.04 Å². The first-order valence-corrected chi connectivity index (χ1v) is 9.37. The molecule has 2 aliphatic carbocycles. The van der Waals surface area contributed by atoms with Gasteiger partial charge in [0.2, 0.25) is 0 Å². The molecule has 3 rings (SSSR count). The Kier molecular flexibility index (Phi) is 3.99. The first-order chi connectivity index (χ1) is 9.61. The summed E-state index contributed by atoms with van der Waals surface area (Å²) in [4.78, 5) is 0. The number of sulfonamides is 1. The molecule has 0 aromatic carbocycles. The lowest BCUT2D eigenvalue weighted by atomic mass is 10.3. The third-order valence-corrected chi connectivity index (χ3v) is 7.01. The molecule has 2 aliphatic rings. The van der Waals surface area contributed by atoms with Crippen LogP contribution in [0.4, 0.5) is 0 Å². The van der Waals surface area contributed by atoms with Crippen LogP contribution in [0.3, 0.4) is 0 Å². The van der Waals surface area contributed by atoms with Gasteiger partial charge in [-0.05, 0) is 42.7 Å². The van der Waals surface area contributed by atoms with E-state index in [2.05, 4.69) is 11.9 Å². The lowest BCUT2D eigenvalue weighted by molar-refractivity contribution is 0.437. The van der Waals surface area contributed by atoms with Gasteiger partial charge >= 0.3 is 0 Å². The highest BCUT2D eigenvalue weighted by Crippen LogP contribution is 2.34. The van der Waals surface area contributed by atoms with Gasteiger partial charge in [0.25, 0.3) is 10.0 Å². The van der Waals surface area contributed by atoms with Gasteiger partial charge in [-0.1, -0.05) is 6.08 Å². The van der Waals surface area contributed by atoms with Crippen molar-refractivity contribution in [1.29, 1.82) is 0 Å². The molecule has 20 heavy (non-hydrogen) atoms. The zero-order valence-electron chi connectivity index (χ0n) is 11.4. The topological polar surface area (TPSA) is 49.4 Å². The summed E-state index contributed by atoms with van der Waals surface area (Å²) in [6.45, 7) is 4.83. The largest absolute Gasteiger partial charge is 0.310 e. The zero-order valence-corrected chi connectivity index (χ0v) is 13.0. The van der Waals surface area contributed by atoms with Crippen LogP contribution in [0.5, 0.6) is 0 Å². The normalized spacial score (nSPS) is 19.4. The summed E-state index contributed by atoms with van der Waals surface area (Å²) >= 11 is 1.32. The van der Waals surface area contributed by atoms with Crippen molar-refractivity contribution in [3.63, 3.8) is 0 Å². The van der Waals surface area contributed by atoms with Crippen LogP contribution in [-0.2, 0) is 16.6 Å². The van der Waals surface area contributed by atoms with Gasteiger partial charge in [0.15, 0.2) is 0 Å². The Bertz CT molecular complexity index is 586. The van der Waals surface area contributed by atoms with Gasteiger partial charge in [-0.3, -0.25) is 0 Å². The van der Waals surface area contributed by atoms with Crippen LogP contribution in [0.25, 0.3) is 0 Å². The highest BCUT2D eigenvalue weighted by molar-refractivity contribution is 7.91. The van der Waals surface area contributed by atoms with E-state index in [4.69, 9.17) is 0 Å². The lowest BCUT2D eigenvalue weighted by Crippen LogP contribution is -2.32. The number of hydrogen-bond acceptors (Lipinski definition) is 4. The van der Waals surface area contributed by atoms with E-state index in [1.165, 1.54) is 24.2 Å². The SMILES string of the molecule is C=CCN(C1CC1)S(=O)(=O)c1cc(CNC2CC2)cs1. The predicted molar refractivity (Wildman–Crippen MR) is 81.3 cm³/mol. The third-order valence-electron chi connectivity index (χ3n) is 3.63. The molecule has 0 amide bonds. The van der Waals surface area contributed by atoms with Gasteiger partial charge in [-0.2, -0.15) is 4.31 Å². The van der Waals surface area contributed by atoms with E-state index in [1.54, 1.807) is 10.4 Å². The van der Waals surface area contributed by atoms with Crippen molar-refractivity contribution in [2.75, 3.05) is 6.54 Å². The molecule has 1 aromatic heterocycles. The zero-order chi connectivity index (χ0) is 14.2. The number of hydrogen-bond donors (Lipinski definition) is 1. The molecule has 2 fully saturated rings. The molecule has 0 spiro atoms. The fourth-order valence-corrected chi connectivity index (χ4v) is 5.17. The van der Waals surface area contributed by atoms with E-state index in [1.807, 2.05) is 11.4 Å². The van der Waals surface area contributed by atoms with Crippen LogP contribution in [0.15, 0.2) is 28.3 Å². The first-order valence-electron chi connectivity index (χ1n) is 7.05. The van der Waals surface area contributed by atoms with Crippen molar-refractivity contribution < 1.29 is 8.42 Å². The molecular weight excluding hydrogens is 292 g/mol. The smallest absolute Gasteiger partial charge is 0.253 e. The standard InChI is InChI=1S/C14H20N2O2S2/c1-2-7-16(13-5-6-13)20(17,18)14-8-11(10-19-14)9-15-12-3-4-12/h2,8,10,12-13,15H,1,3-7,9H2. The Morgan fingerprint density at radius 1 is 1.40 bits per heavy atom. The minimum absolute atomic E-state index is 0.174. The number of thiophene rings is 1. The van der Waals surface area contributed by atoms with E-state index in [0.717, 1.165) is 24.9 Å². The summed E-state index contributed by atoms with van der Waals surface area (Å²) in [6.07, 6.45) is 6.08. The van der Waals surface area contributed by atoms with Gasteiger partial charge in [0.1, 0.15) is 4.21 Å². The fraction of sp³-hybridized carbons (Fsp3) is 0.571. The average molecular weight is 312 g/mol. The molecular formula is C14H20N2O2S2. The monoisotopic (exact) mass is 312 g/mol. The predicted octanol–water partition coefficient (Wildman–Crippen LogP) is 2.34. The molecule has 0 bridgehead atoms. The minimum atomic E-state index is -3.35. The number of rotatable bonds is 8. The maximum atomic E-state index is 12.6. The number of nitrogens with zero attached hydrogens (tertiary/aromatic N) is 1. The Morgan fingerprint density at radius 3 is 2.75 bits per heavy atom. The molecule has 6 heteroatoms. The number of nitrogens with one attached hydrogen (secondary N) is 1. The molecule has 2 saturated carbocycles. The van der Waals surface area contributed by atoms with Crippen LogP contribution in [-0.4, -0.2) is 31.4 Å². The molecule has 1 aromatic rings. The maximum absolute atomic E-state index is 12.6. The molecule has 0 atom stereocenters. The Hall–Kier alpha value is -0.690. The lowest BCUT2D eigenvalue weighted by Gasteiger charge is -2.18. The highest BCUT2D eigenvalue weighted by Gasteiger charge is 2.37. The second kappa shape index (κ2) is 5.60. The molecule has 0 saturated heterocycles. The molecule has 0 unspecified atom stereocenters. The molecule has 0 radical (unpaired) electrons. The van der Waals surface area contributed by atoms with E-state index in [0.29, 0.717) is 16.8 Å². The fourth-order valence-electron chi connectivity index (χ4n) is 2.18. The van der Waals surface area contributed by atoms with Crippen molar-refractivity contribution in [1.82, 2.24) is 9.62 Å². The quantitative estimate of drug-likeness (QED) is 0.750. The second-order valence-corrected chi connectivity index (χ2v) is 8.55. The van der Waals surface area contributed by atoms with Gasteiger partial charge in [-0.15, -0.1) is 17.9 Å².